The maximum absolute atomic E-state index is 11.7. The summed E-state index contributed by atoms with van der Waals surface area (Å²) in [5.74, 6) is 0.838. The minimum absolute atomic E-state index is 0.240. The van der Waals surface area contributed by atoms with Crippen molar-refractivity contribution in [1.29, 1.82) is 0 Å². The van der Waals surface area contributed by atoms with Crippen molar-refractivity contribution in [2.24, 2.45) is 0 Å². The molecule has 98 valence electrons. The van der Waals surface area contributed by atoms with Gasteiger partial charge in [-0.25, -0.2) is 0 Å². The van der Waals surface area contributed by atoms with Crippen molar-refractivity contribution < 1.29 is 0 Å². The van der Waals surface area contributed by atoms with Gasteiger partial charge in [-0.1, -0.05) is 48.5 Å². The van der Waals surface area contributed by atoms with Crippen LogP contribution in [0, 0.1) is 0 Å². The third-order valence-corrected chi connectivity index (χ3v) is 3.28. The zero-order valence-electron chi connectivity index (χ0n) is 10.3. The molecule has 2 rings (SSSR count). The minimum atomic E-state index is -0.240. The number of benzene rings is 1. The van der Waals surface area contributed by atoms with Crippen molar-refractivity contribution in [3.8, 4) is 0 Å². The summed E-state index contributed by atoms with van der Waals surface area (Å²) in [7, 11) is 0. The fourth-order valence-corrected chi connectivity index (χ4v) is 2.05. The van der Waals surface area contributed by atoms with E-state index >= 15 is 0 Å². The van der Waals surface area contributed by atoms with Crippen LogP contribution in [-0.4, -0.2) is 20.9 Å². The van der Waals surface area contributed by atoms with Crippen LogP contribution in [0.1, 0.15) is 18.2 Å². The van der Waals surface area contributed by atoms with Gasteiger partial charge in [0.25, 0.3) is 5.56 Å². The van der Waals surface area contributed by atoms with Crippen LogP contribution in [0.25, 0.3) is 12.2 Å². The van der Waals surface area contributed by atoms with Gasteiger partial charge in [-0.15, -0.1) is 10.2 Å². The predicted octanol–water partition coefficient (Wildman–Crippen LogP) is 3.10. The molecule has 6 heteroatoms. The average Bonchev–Trinajstić information content (AvgIpc) is 2.40. The van der Waals surface area contributed by atoms with Gasteiger partial charge in [0.05, 0.1) is 0 Å². The molecule has 0 spiro atoms. The van der Waals surface area contributed by atoms with Gasteiger partial charge in [0.2, 0.25) is 0 Å². The van der Waals surface area contributed by atoms with E-state index in [1.54, 1.807) is 24.3 Å². The molecule has 0 bridgehead atoms. The summed E-state index contributed by atoms with van der Waals surface area (Å²) in [5.41, 5.74) is 0.990. The summed E-state index contributed by atoms with van der Waals surface area (Å²) < 4.78 is 0. The summed E-state index contributed by atoms with van der Waals surface area (Å²) in [6.45, 7) is 1.99. The number of rotatable bonds is 4. The molecule has 1 N–H and O–H groups in total. The highest BCUT2D eigenvalue weighted by molar-refractivity contribution is 7.99. The molecule has 1 heterocycles. The Morgan fingerprint density at radius 3 is 2.63 bits per heavy atom. The van der Waals surface area contributed by atoms with E-state index < -0.39 is 0 Å². The molecule has 1 aromatic heterocycles. The van der Waals surface area contributed by atoms with E-state index in [1.807, 2.05) is 19.1 Å². The fourth-order valence-electron chi connectivity index (χ4n) is 1.39. The van der Waals surface area contributed by atoms with Gasteiger partial charge in [0.15, 0.2) is 10.9 Å². The quantitative estimate of drug-likeness (QED) is 0.880. The Morgan fingerprint density at radius 2 is 2.00 bits per heavy atom. The molecule has 0 saturated carbocycles. The van der Waals surface area contributed by atoms with E-state index in [-0.39, 0.29) is 11.3 Å². The van der Waals surface area contributed by atoms with E-state index in [4.69, 9.17) is 11.6 Å². The van der Waals surface area contributed by atoms with Crippen molar-refractivity contribution in [2.75, 3.05) is 5.75 Å². The van der Waals surface area contributed by atoms with Gasteiger partial charge in [-0.05, 0) is 29.5 Å². The van der Waals surface area contributed by atoms with Crippen LogP contribution in [0.15, 0.2) is 34.2 Å². The molecule has 19 heavy (non-hydrogen) atoms. The van der Waals surface area contributed by atoms with Gasteiger partial charge in [0.1, 0.15) is 0 Å². The van der Waals surface area contributed by atoms with Crippen LogP contribution in [0.4, 0.5) is 0 Å². The first-order valence-corrected chi connectivity index (χ1v) is 7.09. The number of H-pyrrole nitrogens is 1. The molecule has 0 radical (unpaired) electrons. The summed E-state index contributed by atoms with van der Waals surface area (Å²) >= 11 is 7.24. The molecule has 4 nitrogen and oxygen atoms in total. The molecule has 0 aliphatic carbocycles. The monoisotopic (exact) mass is 293 g/mol. The molecular weight excluding hydrogens is 282 g/mol. The van der Waals surface area contributed by atoms with Crippen molar-refractivity contribution >= 4 is 35.5 Å². The zero-order valence-corrected chi connectivity index (χ0v) is 11.8. The summed E-state index contributed by atoms with van der Waals surface area (Å²) in [6, 6.07) is 7.31. The molecule has 0 aliphatic heterocycles. The number of thioether (sulfide) groups is 1. The van der Waals surface area contributed by atoms with Crippen molar-refractivity contribution in [2.45, 2.75) is 12.1 Å². The summed E-state index contributed by atoms with van der Waals surface area (Å²) in [4.78, 5) is 14.4. The lowest BCUT2D eigenvalue weighted by Crippen LogP contribution is -2.14. The Hall–Kier alpha value is -1.59. The lowest BCUT2D eigenvalue weighted by atomic mass is 10.2. The summed E-state index contributed by atoms with van der Waals surface area (Å²) in [6.07, 6.45) is 3.43. The molecule has 0 unspecified atom stereocenters. The van der Waals surface area contributed by atoms with Crippen LogP contribution in [0.2, 0.25) is 5.02 Å². The van der Waals surface area contributed by atoms with E-state index in [1.165, 1.54) is 11.8 Å². The second kappa shape index (κ2) is 6.54. The first-order valence-electron chi connectivity index (χ1n) is 5.72. The maximum Gasteiger partial charge on any atom is 0.277 e. The molecule has 0 fully saturated rings. The topological polar surface area (TPSA) is 58.6 Å². The molecule has 0 aliphatic rings. The maximum atomic E-state index is 11.7. The number of aromatic nitrogens is 3. The van der Waals surface area contributed by atoms with Crippen LogP contribution in [0.5, 0.6) is 0 Å². The number of nitrogens with zero attached hydrogens (tertiary/aromatic N) is 2. The number of hydrogen-bond donors (Lipinski definition) is 1. The van der Waals surface area contributed by atoms with E-state index in [9.17, 15) is 4.79 Å². The SMILES string of the molecule is CCSc1nnc(/C=C/c2ccc(Cl)cc2)c(=O)[nH]1. The molecule has 1 aromatic carbocycles. The average molecular weight is 294 g/mol. The third-order valence-electron chi connectivity index (χ3n) is 2.29. The highest BCUT2D eigenvalue weighted by Crippen LogP contribution is 2.12. The Balaban J connectivity index is 2.19. The van der Waals surface area contributed by atoms with Crippen LogP contribution in [-0.2, 0) is 0 Å². The first kappa shape index (κ1) is 13.8. The Bertz CT molecular complexity index is 637. The van der Waals surface area contributed by atoms with Crippen molar-refractivity contribution in [3.05, 3.63) is 50.9 Å². The van der Waals surface area contributed by atoms with Crippen molar-refractivity contribution in [3.63, 3.8) is 0 Å². The van der Waals surface area contributed by atoms with Crippen LogP contribution in [0.3, 0.4) is 0 Å². The van der Waals surface area contributed by atoms with Crippen LogP contribution >= 0.6 is 23.4 Å². The number of aromatic amines is 1. The first-order chi connectivity index (χ1) is 9.19. The number of nitrogens with one attached hydrogen (secondary N) is 1. The fraction of sp³-hybridized carbons (Fsp3) is 0.154. The Morgan fingerprint density at radius 1 is 1.26 bits per heavy atom. The molecule has 0 saturated heterocycles. The molecule has 2 aromatic rings. The second-order valence-electron chi connectivity index (χ2n) is 3.66. The normalized spacial score (nSPS) is 11.1. The molecule has 0 atom stereocenters. The summed E-state index contributed by atoms with van der Waals surface area (Å²) in [5, 5.41) is 9.06. The Labute approximate surface area is 119 Å². The van der Waals surface area contributed by atoms with E-state index in [0.29, 0.717) is 10.2 Å². The smallest absolute Gasteiger partial charge is 0.277 e. The largest absolute Gasteiger partial charge is 0.298 e. The molecule has 0 amide bonds. The lowest BCUT2D eigenvalue weighted by Gasteiger charge is -1.97. The van der Waals surface area contributed by atoms with E-state index in [0.717, 1.165) is 11.3 Å². The van der Waals surface area contributed by atoms with Gasteiger partial charge >= 0.3 is 0 Å². The van der Waals surface area contributed by atoms with Crippen LogP contribution < -0.4 is 5.56 Å². The van der Waals surface area contributed by atoms with Gasteiger partial charge < -0.3 is 0 Å². The number of hydrogen-bond acceptors (Lipinski definition) is 4. The minimum Gasteiger partial charge on any atom is -0.298 e. The zero-order chi connectivity index (χ0) is 13.7. The highest BCUT2D eigenvalue weighted by atomic mass is 35.5. The van der Waals surface area contributed by atoms with E-state index in [2.05, 4.69) is 15.2 Å². The predicted molar refractivity (Wildman–Crippen MR) is 79.4 cm³/mol. The van der Waals surface area contributed by atoms with Gasteiger partial charge in [-0.3, -0.25) is 9.78 Å². The van der Waals surface area contributed by atoms with Gasteiger partial charge in [0, 0.05) is 5.02 Å². The number of halogens is 1. The lowest BCUT2D eigenvalue weighted by molar-refractivity contribution is 0.810. The third kappa shape index (κ3) is 3.94. The highest BCUT2D eigenvalue weighted by Gasteiger charge is 2.01. The van der Waals surface area contributed by atoms with Crippen molar-refractivity contribution in [1.82, 2.24) is 15.2 Å². The second-order valence-corrected chi connectivity index (χ2v) is 5.35. The standard InChI is InChI=1S/C13H12ClN3OS/c1-2-19-13-15-12(18)11(16-17-13)8-5-9-3-6-10(14)7-4-9/h3-8H,2H2,1H3,(H,15,17,18)/b8-5+. The Kier molecular flexibility index (Phi) is 4.76. The molecular formula is C13H12ClN3OS. The van der Waals surface area contributed by atoms with Gasteiger partial charge in [-0.2, -0.15) is 0 Å².